The predicted octanol–water partition coefficient (Wildman–Crippen LogP) is 4.30. The average Bonchev–Trinajstić information content (AvgIpc) is 3.07. The van der Waals surface area contributed by atoms with Gasteiger partial charge in [-0.1, -0.05) is 18.2 Å². The molecule has 0 unspecified atom stereocenters. The monoisotopic (exact) mass is 482 g/mol. The smallest absolute Gasteiger partial charge is 0.269 e. The standard InChI is InChI=1S/C20H11IN4O3/c21-12-5-10-17-22-18-15-3-1-2-4-16(15)20(26)24(19(18)23(17)11-12)13-6-8-14(9-7-13)25(27)28/h1-11H. The molecular formula is C20H11IN4O3. The molecule has 0 N–H and O–H groups in total. The van der Waals surface area contributed by atoms with E-state index in [9.17, 15) is 14.9 Å². The van der Waals surface area contributed by atoms with E-state index in [2.05, 4.69) is 22.6 Å². The van der Waals surface area contributed by atoms with Crippen LogP contribution in [0.1, 0.15) is 0 Å². The zero-order chi connectivity index (χ0) is 19.4. The molecule has 0 aliphatic heterocycles. The van der Waals surface area contributed by atoms with Crippen molar-refractivity contribution in [2.24, 2.45) is 0 Å². The van der Waals surface area contributed by atoms with Gasteiger partial charge in [0.15, 0.2) is 5.65 Å². The quantitative estimate of drug-likeness (QED) is 0.214. The van der Waals surface area contributed by atoms with Crippen molar-refractivity contribution in [3.8, 4) is 5.69 Å². The van der Waals surface area contributed by atoms with Crippen molar-refractivity contribution in [3.05, 3.63) is 90.9 Å². The normalized spacial score (nSPS) is 11.5. The van der Waals surface area contributed by atoms with Gasteiger partial charge in [0, 0.05) is 32.7 Å². The zero-order valence-electron chi connectivity index (χ0n) is 14.2. The first-order valence-electron chi connectivity index (χ1n) is 8.40. The van der Waals surface area contributed by atoms with Crippen LogP contribution in [-0.4, -0.2) is 18.9 Å². The van der Waals surface area contributed by atoms with Crippen LogP contribution in [0.3, 0.4) is 0 Å². The molecule has 3 heterocycles. The molecule has 0 saturated carbocycles. The Morgan fingerprint density at radius 3 is 2.39 bits per heavy atom. The van der Waals surface area contributed by atoms with E-state index in [0.717, 1.165) is 14.6 Å². The Morgan fingerprint density at radius 2 is 1.68 bits per heavy atom. The number of imidazole rings is 1. The molecule has 5 rings (SSSR count). The SMILES string of the molecule is O=c1c2ccccc2c2nc3ccc(I)cn3c2n1-c1ccc([N+](=O)[O-])cc1. The molecule has 136 valence electrons. The number of rotatable bonds is 2. The van der Waals surface area contributed by atoms with Gasteiger partial charge < -0.3 is 0 Å². The molecule has 0 aliphatic carbocycles. The number of hydrogen-bond donors (Lipinski definition) is 0. The maximum Gasteiger partial charge on any atom is 0.269 e. The minimum absolute atomic E-state index is 0.0264. The number of benzene rings is 2. The van der Waals surface area contributed by atoms with Crippen molar-refractivity contribution in [3.63, 3.8) is 0 Å². The molecule has 0 bridgehead atoms. The Labute approximate surface area is 171 Å². The van der Waals surface area contributed by atoms with Gasteiger partial charge in [0.05, 0.1) is 10.6 Å². The number of hydrogen-bond acceptors (Lipinski definition) is 4. The van der Waals surface area contributed by atoms with E-state index in [1.54, 1.807) is 22.8 Å². The summed E-state index contributed by atoms with van der Waals surface area (Å²) in [6.45, 7) is 0. The third kappa shape index (κ3) is 2.41. The lowest BCUT2D eigenvalue weighted by Crippen LogP contribution is -2.20. The summed E-state index contributed by atoms with van der Waals surface area (Å²) in [5, 5.41) is 12.3. The Balaban J connectivity index is 1.99. The number of halogens is 1. The van der Waals surface area contributed by atoms with Crippen LogP contribution in [0.4, 0.5) is 5.69 Å². The number of nitrogens with zero attached hydrogens (tertiary/aromatic N) is 4. The third-order valence-electron chi connectivity index (χ3n) is 4.70. The van der Waals surface area contributed by atoms with E-state index < -0.39 is 4.92 Å². The molecule has 0 spiro atoms. The number of nitro groups is 1. The van der Waals surface area contributed by atoms with Crippen LogP contribution in [0.2, 0.25) is 0 Å². The molecule has 5 aromatic rings. The number of non-ortho nitro benzene ring substituents is 1. The van der Waals surface area contributed by atoms with Crippen molar-refractivity contribution >= 4 is 55.9 Å². The average molecular weight is 482 g/mol. The minimum Gasteiger partial charge on any atom is -0.284 e. The van der Waals surface area contributed by atoms with Crippen LogP contribution in [0, 0.1) is 13.7 Å². The Morgan fingerprint density at radius 1 is 0.964 bits per heavy atom. The summed E-state index contributed by atoms with van der Waals surface area (Å²) < 4.78 is 4.45. The lowest BCUT2D eigenvalue weighted by atomic mass is 10.1. The largest absolute Gasteiger partial charge is 0.284 e. The number of aromatic nitrogens is 3. The molecule has 0 saturated heterocycles. The van der Waals surface area contributed by atoms with E-state index >= 15 is 0 Å². The Bertz CT molecular complexity index is 1470. The molecule has 0 atom stereocenters. The third-order valence-corrected chi connectivity index (χ3v) is 5.34. The van der Waals surface area contributed by atoms with Crippen LogP contribution in [0.5, 0.6) is 0 Å². The van der Waals surface area contributed by atoms with Gasteiger partial charge in [-0.15, -0.1) is 0 Å². The molecule has 0 amide bonds. The summed E-state index contributed by atoms with van der Waals surface area (Å²) in [6.07, 6.45) is 1.92. The van der Waals surface area contributed by atoms with Crippen molar-refractivity contribution < 1.29 is 4.92 Å². The highest BCUT2D eigenvalue weighted by atomic mass is 127. The fraction of sp³-hybridized carbons (Fsp3) is 0. The van der Waals surface area contributed by atoms with Crippen molar-refractivity contribution in [1.29, 1.82) is 0 Å². The van der Waals surface area contributed by atoms with Gasteiger partial charge in [-0.25, -0.2) is 4.98 Å². The van der Waals surface area contributed by atoms with Crippen LogP contribution in [0.15, 0.2) is 71.7 Å². The van der Waals surface area contributed by atoms with Crippen molar-refractivity contribution in [1.82, 2.24) is 14.0 Å². The number of pyridine rings is 2. The van der Waals surface area contributed by atoms with Crippen LogP contribution in [0.25, 0.3) is 33.3 Å². The second-order valence-electron chi connectivity index (χ2n) is 6.32. The summed E-state index contributed by atoms with van der Waals surface area (Å²) in [5.74, 6) is 0. The highest BCUT2D eigenvalue weighted by Gasteiger charge is 2.18. The molecule has 0 aliphatic rings. The molecule has 7 nitrogen and oxygen atoms in total. The van der Waals surface area contributed by atoms with Gasteiger partial charge >= 0.3 is 0 Å². The van der Waals surface area contributed by atoms with Crippen molar-refractivity contribution in [2.45, 2.75) is 0 Å². The molecule has 2 aromatic carbocycles. The van der Waals surface area contributed by atoms with E-state index in [1.807, 2.05) is 40.9 Å². The van der Waals surface area contributed by atoms with Gasteiger partial charge in [-0.05, 0) is 52.9 Å². The number of nitro benzene ring substituents is 1. The topological polar surface area (TPSA) is 82.4 Å². The van der Waals surface area contributed by atoms with Crippen LogP contribution >= 0.6 is 22.6 Å². The van der Waals surface area contributed by atoms with E-state index in [-0.39, 0.29) is 11.2 Å². The van der Waals surface area contributed by atoms with Crippen LogP contribution < -0.4 is 5.56 Å². The summed E-state index contributed by atoms with van der Waals surface area (Å²) in [5.41, 5.74) is 2.38. The first-order chi connectivity index (χ1) is 13.5. The first kappa shape index (κ1) is 16.9. The van der Waals surface area contributed by atoms with Gasteiger partial charge in [-0.2, -0.15) is 0 Å². The number of fused-ring (bicyclic) bond motifs is 5. The maximum atomic E-state index is 13.4. The molecule has 3 aromatic heterocycles. The van der Waals surface area contributed by atoms with Gasteiger partial charge in [-0.3, -0.25) is 23.9 Å². The minimum atomic E-state index is -0.459. The second kappa shape index (κ2) is 6.13. The van der Waals surface area contributed by atoms with Crippen LogP contribution in [-0.2, 0) is 0 Å². The maximum absolute atomic E-state index is 13.4. The predicted molar refractivity (Wildman–Crippen MR) is 115 cm³/mol. The summed E-state index contributed by atoms with van der Waals surface area (Å²) >= 11 is 2.21. The van der Waals surface area contributed by atoms with E-state index in [4.69, 9.17) is 4.98 Å². The molecule has 0 radical (unpaired) electrons. The first-order valence-corrected chi connectivity index (χ1v) is 9.48. The van der Waals surface area contributed by atoms with Gasteiger partial charge in [0.25, 0.3) is 11.2 Å². The highest BCUT2D eigenvalue weighted by Crippen LogP contribution is 2.27. The fourth-order valence-electron chi connectivity index (χ4n) is 3.46. The second-order valence-corrected chi connectivity index (χ2v) is 7.56. The summed E-state index contributed by atoms with van der Waals surface area (Å²) in [4.78, 5) is 28.7. The molecule has 8 heteroatoms. The molecule has 28 heavy (non-hydrogen) atoms. The fourth-order valence-corrected chi connectivity index (χ4v) is 3.91. The highest BCUT2D eigenvalue weighted by molar-refractivity contribution is 14.1. The van der Waals surface area contributed by atoms with Crippen molar-refractivity contribution in [2.75, 3.05) is 0 Å². The summed E-state index contributed by atoms with van der Waals surface area (Å²) in [7, 11) is 0. The molecular weight excluding hydrogens is 471 g/mol. The zero-order valence-corrected chi connectivity index (χ0v) is 16.4. The lowest BCUT2D eigenvalue weighted by molar-refractivity contribution is -0.384. The van der Waals surface area contributed by atoms with E-state index in [0.29, 0.717) is 22.2 Å². The van der Waals surface area contributed by atoms with Gasteiger partial charge in [0.2, 0.25) is 0 Å². The van der Waals surface area contributed by atoms with Gasteiger partial charge in [0.1, 0.15) is 11.2 Å². The lowest BCUT2D eigenvalue weighted by Gasteiger charge is -2.11. The Hall–Kier alpha value is -3.27. The van der Waals surface area contributed by atoms with E-state index in [1.165, 1.54) is 12.1 Å². The molecule has 0 fully saturated rings. The summed E-state index contributed by atoms with van der Waals surface area (Å²) in [6, 6.07) is 17.2. The Kier molecular flexibility index (Phi) is 3.69.